The van der Waals surface area contributed by atoms with Gasteiger partial charge in [-0.2, -0.15) is 0 Å². The van der Waals surface area contributed by atoms with Crippen molar-refractivity contribution >= 4 is 11.8 Å². The average Bonchev–Trinajstić information content (AvgIpc) is 2.90. The highest BCUT2D eigenvalue weighted by Crippen LogP contribution is 2.24. The number of aliphatic hydroxyl groups is 1. The Hall–Kier alpha value is -3.08. The molecule has 0 spiro atoms. The molecule has 0 fully saturated rings. The molecule has 5 nitrogen and oxygen atoms in total. The van der Waals surface area contributed by atoms with Crippen molar-refractivity contribution in [2.24, 2.45) is 0 Å². The van der Waals surface area contributed by atoms with E-state index in [1.165, 1.54) is 4.90 Å². The molecule has 1 aliphatic heterocycles. The van der Waals surface area contributed by atoms with Crippen LogP contribution in [0.3, 0.4) is 0 Å². The number of amides is 2. The van der Waals surface area contributed by atoms with E-state index in [-0.39, 0.29) is 18.2 Å². The molecule has 2 N–H and O–H groups in total. The van der Waals surface area contributed by atoms with Crippen LogP contribution in [0, 0.1) is 0 Å². The molecule has 0 bridgehead atoms. The van der Waals surface area contributed by atoms with Crippen molar-refractivity contribution in [2.45, 2.75) is 13.0 Å². The second-order valence-corrected chi connectivity index (χ2v) is 6.18. The number of carbonyl (C=O) groups excluding carboxylic acids is 2. The van der Waals surface area contributed by atoms with E-state index in [0.29, 0.717) is 0 Å². The minimum absolute atomic E-state index is 0.110. The van der Waals surface area contributed by atoms with Gasteiger partial charge in [-0.25, -0.2) is 0 Å². The summed E-state index contributed by atoms with van der Waals surface area (Å²) in [5.74, 6) is -1.41. The minimum atomic E-state index is -0.524. The third-order valence-corrected chi connectivity index (χ3v) is 4.35. The molecule has 128 valence electrons. The van der Waals surface area contributed by atoms with Crippen LogP contribution in [-0.4, -0.2) is 35.4 Å². The second-order valence-electron chi connectivity index (χ2n) is 6.18. The monoisotopic (exact) mass is 336 g/mol. The van der Waals surface area contributed by atoms with Crippen molar-refractivity contribution in [1.29, 1.82) is 0 Å². The quantitative estimate of drug-likeness (QED) is 0.902. The van der Waals surface area contributed by atoms with Crippen LogP contribution in [-0.2, 0) is 9.59 Å². The lowest BCUT2D eigenvalue weighted by Crippen LogP contribution is -2.30. The van der Waals surface area contributed by atoms with E-state index in [2.05, 4.69) is 5.32 Å². The van der Waals surface area contributed by atoms with E-state index in [0.717, 1.165) is 16.7 Å². The molecular weight excluding hydrogens is 316 g/mol. The lowest BCUT2D eigenvalue weighted by Gasteiger charge is -2.16. The maximum atomic E-state index is 12.4. The number of aliphatic hydroxyl groups excluding tert-OH is 1. The number of nitrogens with zero attached hydrogens (tertiary/aromatic N) is 1. The number of benzene rings is 2. The molecule has 1 heterocycles. The Balaban J connectivity index is 1.77. The normalized spacial score (nSPS) is 15.4. The summed E-state index contributed by atoms with van der Waals surface area (Å²) in [6.07, 6.45) is 0. The third-order valence-electron chi connectivity index (χ3n) is 4.35. The number of nitrogens with one attached hydrogen (secondary N) is 1. The highest BCUT2D eigenvalue weighted by Gasteiger charge is 2.32. The summed E-state index contributed by atoms with van der Waals surface area (Å²) in [7, 11) is 1.55. The van der Waals surface area contributed by atoms with Gasteiger partial charge in [-0.3, -0.25) is 9.59 Å². The molecule has 5 heteroatoms. The molecule has 1 aliphatic rings. The van der Waals surface area contributed by atoms with Gasteiger partial charge in [0.15, 0.2) is 5.76 Å². The van der Waals surface area contributed by atoms with Gasteiger partial charge in [0.1, 0.15) is 0 Å². The molecule has 1 atom stereocenters. The molecule has 0 unspecified atom stereocenters. The standard InChI is InChI=1S/C20H20N2O3/c1-13(21-19(24)17-12-22(2)20(25)18(17)23)15-9-6-10-16(11-15)14-7-4-3-5-8-14/h3-11,13,23H,12H2,1-2H3,(H,21,24)/t13-/m1/s1. The SMILES string of the molecule is C[C@@H](NC(=O)C1=C(O)C(=O)N(C)C1)c1cccc(-c2ccccc2)c1. The Morgan fingerprint density at radius 1 is 1.12 bits per heavy atom. The first-order chi connectivity index (χ1) is 12.0. The van der Waals surface area contributed by atoms with E-state index < -0.39 is 17.6 Å². The summed E-state index contributed by atoms with van der Waals surface area (Å²) in [5, 5.41) is 12.7. The van der Waals surface area contributed by atoms with Gasteiger partial charge in [-0.05, 0) is 29.7 Å². The van der Waals surface area contributed by atoms with Crippen molar-refractivity contribution in [2.75, 3.05) is 13.6 Å². The third kappa shape index (κ3) is 3.40. The number of carbonyl (C=O) groups is 2. The van der Waals surface area contributed by atoms with Gasteiger partial charge in [-0.15, -0.1) is 0 Å². The first-order valence-electron chi connectivity index (χ1n) is 8.11. The van der Waals surface area contributed by atoms with Crippen LogP contribution in [0.4, 0.5) is 0 Å². The zero-order chi connectivity index (χ0) is 18.0. The first-order valence-corrected chi connectivity index (χ1v) is 8.11. The molecule has 2 aromatic carbocycles. The minimum Gasteiger partial charge on any atom is -0.503 e. The summed E-state index contributed by atoms with van der Waals surface area (Å²) < 4.78 is 0. The van der Waals surface area contributed by atoms with Crippen LogP contribution >= 0.6 is 0 Å². The van der Waals surface area contributed by atoms with Gasteiger partial charge in [0.25, 0.3) is 11.8 Å². The molecule has 3 rings (SSSR count). The summed E-state index contributed by atoms with van der Waals surface area (Å²) in [5.41, 5.74) is 3.23. The van der Waals surface area contributed by atoms with Crippen molar-refractivity contribution in [1.82, 2.24) is 10.2 Å². The molecule has 0 radical (unpaired) electrons. The predicted octanol–water partition coefficient (Wildman–Crippen LogP) is 2.81. The number of hydrogen-bond acceptors (Lipinski definition) is 3. The molecule has 0 saturated heterocycles. The van der Waals surface area contributed by atoms with Gasteiger partial charge >= 0.3 is 0 Å². The zero-order valence-corrected chi connectivity index (χ0v) is 14.2. The van der Waals surface area contributed by atoms with Crippen LogP contribution in [0.15, 0.2) is 65.9 Å². The van der Waals surface area contributed by atoms with Gasteiger partial charge < -0.3 is 15.3 Å². The van der Waals surface area contributed by atoms with Crippen molar-refractivity contribution in [3.8, 4) is 11.1 Å². The smallest absolute Gasteiger partial charge is 0.289 e. The Kier molecular flexibility index (Phi) is 4.57. The molecule has 0 aliphatic carbocycles. The Labute approximate surface area is 146 Å². The van der Waals surface area contributed by atoms with Gasteiger partial charge in [0.05, 0.1) is 18.2 Å². The Bertz CT molecular complexity index is 843. The molecule has 2 amide bonds. The fourth-order valence-electron chi connectivity index (χ4n) is 2.86. The largest absolute Gasteiger partial charge is 0.503 e. The van der Waals surface area contributed by atoms with Crippen LogP contribution in [0.5, 0.6) is 0 Å². The van der Waals surface area contributed by atoms with E-state index in [9.17, 15) is 14.7 Å². The van der Waals surface area contributed by atoms with Crippen molar-refractivity contribution in [3.05, 3.63) is 71.5 Å². The van der Waals surface area contributed by atoms with Crippen molar-refractivity contribution in [3.63, 3.8) is 0 Å². The fraction of sp³-hybridized carbons (Fsp3) is 0.200. The van der Waals surface area contributed by atoms with E-state index >= 15 is 0 Å². The first kappa shape index (κ1) is 16.8. The van der Waals surface area contributed by atoms with Crippen LogP contribution in [0.25, 0.3) is 11.1 Å². The Morgan fingerprint density at radius 3 is 2.44 bits per heavy atom. The van der Waals surface area contributed by atoms with Crippen molar-refractivity contribution < 1.29 is 14.7 Å². The number of hydrogen-bond donors (Lipinski definition) is 2. The molecule has 25 heavy (non-hydrogen) atoms. The average molecular weight is 336 g/mol. The Morgan fingerprint density at radius 2 is 1.80 bits per heavy atom. The molecule has 0 saturated carbocycles. The molecule has 0 aromatic heterocycles. The van der Waals surface area contributed by atoms with Gasteiger partial charge in [0.2, 0.25) is 0 Å². The lowest BCUT2D eigenvalue weighted by atomic mass is 10.00. The van der Waals surface area contributed by atoms with Crippen LogP contribution < -0.4 is 5.32 Å². The van der Waals surface area contributed by atoms with Crippen LogP contribution in [0.2, 0.25) is 0 Å². The predicted molar refractivity (Wildman–Crippen MR) is 95.7 cm³/mol. The highest BCUT2D eigenvalue weighted by atomic mass is 16.3. The number of likely N-dealkylation sites (N-methyl/N-ethyl adjacent to an activating group) is 1. The summed E-state index contributed by atoms with van der Waals surface area (Å²) in [6, 6.07) is 17.7. The highest BCUT2D eigenvalue weighted by molar-refractivity contribution is 6.06. The topological polar surface area (TPSA) is 69.6 Å². The zero-order valence-electron chi connectivity index (χ0n) is 14.2. The summed E-state index contributed by atoms with van der Waals surface area (Å²) in [4.78, 5) is 25.3. The molecular formula is C20H20N2O3. The summed E-state index contributed by atoms with van der Waals surface area (Å²) in [6.45, 7) is 1.99. The second kappa shape index (κ2) is 6.81. The lowest BCUT2D eigenvalue weighted by molar-refractivity contribution is -0.126. The van der Waals surface area contributed by atoms with E-state index in [1.54, 1.807) is 7.05 Å². The summed E-state index contributed by atoms with van der Waals surface area (Å²) >= 11 is 0. The molecule has 2 aromatic rings. The number of rotatable bonds is 4. The van der Waals surface area contributed by atoms with E-state index in [1.807, 2.05) is 61.5 Å². The maximum Gasteiger partial charge on any atom is 0.289 e. The van der Waals surface area contributed by atoms with Gasteiger partial charge in [-0.1, -0.05) is 48.5 Å². The van der Waals surface area contributed by atoms with Crippen LogP contribution in [0.1, 0.15) is 18.5 Å². The van der Waals surface area contributed by atoms with Gasteiger partial charge in [0, 0.05) is 7.05 Å². The fourth-order valence-corrected chi connectivity index (χ4v) is 2.86. The maximum absolute atomic E-state index is 12.4. The van der Waals surface area contributed by atoms with E-state index in [4.69, 9.17) is 0 Å².